The fourth-order valence-corrected chi connectivity index (χ4v) is 4.74. The number of sulfonamides is 1. The Morgan fingerprint density at radius 2 is 1.81 bits per heavy atom. The Hall–Kier alpha value is -1.52. The summed E-state index contributed by atoms with van der Waals surface area (Å²) in [6.45, 7) is 6.64. The van der Waals surface area contributed by atoms with E-state index in [0.29, 0.717) is 38.4 Å². The molecule has 2 aliphatic heterocycles. The predicted octanol–water partition coefficient (Wildman–Crippen LogP) is -1.26. The zero-order chi connectivity index (χ0) is 19.1. The van der Waals surface area contributed by atoms with Gasteiger partial charge in [-0.15, -0.1) is 0 Å². The molecule has 27 heavy (non-hydrogen) atoms. The van der Waals surface area contributed by atoms with Crippen molar-refractivity contribution in [3.8, 4) is 0 Å². The number of quaternary nitrogens is 1. The lowest BCUT2D eigenvalue weighted by Crippen LogP contribution is -3.14. The number of benzene rings is 1. The molecule has 150 valence electrons. The lowest BCUT2D eigenvalue weighted by Gasteiger charge is -2.26. The summed E-state index contributed by atoms with van der Waals surface area (Å²) in [7, 11) is -3.60. The number of hydrogen-bond donors (Lipinski definition) is 2. The molecular formula is C18H28N3O5S+. The first-order valence-electron chi connectivity index (χ1n) is 9.45. The van der Waals surface area contributed by atoms with Crippen molar-refractivity contribution in [3.63, 3.8) is 0 Å². The monoisotopic (exact) mass is 398 g/mol. The maximum Gasteiger partial charge on any atom is 0.251 e. The quantitative estimate of drug-likeness (QED) is 0.560. The highest BCUT2D eigenvalue weighted by Crippen LogP contribution is 2.18. The van der Waals surface area contributed by atoms with Gasteiger partial charge in [-0.05, 0) is 18.2 Å². The number of hydrogen-bond acceptors (Lipinski definition) is 5. The van der Waals surface area contributed by atoms with Crippen LogP contribution in [0.3, 0.4) is 0 Å². The Bertz CT molecular complexity index is 728. The van der Waals surface area contributed by atoms with Gasteiger partial charge in [0.1, 0.15) is 13.1 Å². The molecule has 0 unspecified atom stereocenters. The summed E-state index contributed by atoms with van der Waals surface area (Å²) in [5.74, 6) is -0.244. The third kappa shape index (κ3) is 5.49. The third-order valence-electron chi connectivity index (χ3n) is 4.90. The summed E-state index contributed by atoms with van der Waals surface area (Å²) in [6.07, 6.45) is 0.882. The number of carbonyl (C=O) groups is 1. The maximum atomic E-state index is 12.7. The number of rotatable bonds is 7. The fraction of sp³-hybridized carbons (Fsp3) is 0.611. The molecule has 0 bridgehead atoms. The van der Waals surface area contributed by atoms with Crippen LogP contribution < -0.4 is 10.2 Å². The van der Waals surface area contributed by atoms with Gasteiger partial charge in [0.15, 0.2) is 0 Å². The predicted molar refractivity (Wildman–Crippen MR) is 99.4 cm³/mol. The van der Waals surface area contributed by atoms with Crippen LogP contribution in [0.2, 0.25) is 0 Å². The van der Waals surface area contributed by atoms with Crippen LogP contribution in [-0.2, 0) is 19.5 Å². The smallest absolute Gasteiger partial charge is 0.251 e. The van der Waals surface area contributed by atoms with E-state index in [1.165, 1.54) is 21.3 Å². The highest BCUT2D eigenvalue weighted by Gasteiger charge is 2.26. The summed E-state index contributed by atoms with van der Waals surface area (Å²) in [4.78, 5) is 14.0. The van der Waals surface area contributed by atoms with Crippen LogP contribution >= 0.6 is 0 Å². The van der Waals surface area contributed by atoms with Gasteiger partial charge in [0, 0.05) is 31.6 Å². The lowest BCUT2D eigenvalue weighted by molar-refractivity contribution is -0.908. The average molecular weight is 399 g/mol. The van der Waals surface area contributed by atoms with E-state index < -0.39 is 10.0 Å². The molecule has 1 aromatic carbocycles. The second kappa shape index (κ2) is 9.61. The van der Waals surface area contributed by atoms with Crippen LogP contribution in [0.4, 0.5) is 0 Å². The van der Waals surface area contributed by atoms with Crippen LogP contribution in [0.25, 0.3) is 0 Å². The van der Waals surface area contributed by atoms with Gasteiger partial charge in [-0.2, -0.15) is 4.31 Å². The van der Waals surface area contributed by atoms with Crippen LogP contribution in [0, 0.1) is 0 Å². The molecule has 8 nitrogen and oxygen atoms in total. The second-order valence-corrected chi connectivity index (χ2v) is 8.70. The van der Waals surface area contributed by atoms with Crippen molar-refractivity contribution < 1.29 is 27.6 Å². The number of carbonyl (C=O) groups excluding carboxylic acids is 1. The number of nitrogens with one attached hydrogen (secondary N) is 2. The van der Waals surface area contributed by atoms with Gasteiger partial charge in [-0.25, -0.2) is 8.42 Å². The standard InChI is InChI=1S/C18H27N3O5S/c22-18(19-5-2-6-20-7-11-25-12-8-20)16-3-1-4-17(15-16)27(23,24)21-9-13-26-14-10-21/h1,3-4,15H,2,5-14H2,(H,19,22)/p+1. The van der Waals surface area contributed by atoms with Crippen molar-refractivity contribution in [3.05, 3.63) is 29.8 Å². The molecule has 2 fully saturated rings. The maximum absolute atomic E-state index is 12.7. The van der Waals surface area contributed by atoms with Gasteiger partial charge in [-0.1, -0.05) is 6.07 Å². The number of nitrogens with zero attached hydrogens (tertiary/aromatic N) is 1. The highest BCUT2D eigenvalue weighted by atomic mass is 32.2. The summed E-state index contributed by atoms with van der Waals surface area (Å²) in [5, 5.41) is 2.88. The van der Waals surface area contributed by atoms with Gasteiger partial charge in [0.05, 0.1) is 37.9 Å². The van der Waals surface area contributed by atoms with Crippen molar-refractivity contribution in [1.29, 1.82) is 0 Å². The van der Waals surface area contributed by atoms with Gasteiger partial charge < -0.3 is 19.7 Å². The molecule has 1 amide bonds. The topological polar surface area (TPSA) is 89.4 Å². The molecule has 0 radical (unpaired) electrons. The van der Waals surface area contributed by atoms with E-state index in [0.717, 1.165) is 39.3 Å². The summed E-state index contributed by atoms with van der Waals surface area (Å²) in [5.41, 5.74) is 0.364. The molecule has 0 atom stereocenters. The van der Waals surface area contributed by atoms with Crippen molar-refractivity contribution in [1.82, 2.24) is 9.62 Å². The molecule has 0 aliphatic carbocycles. The van der Waals surface area contributed by atoms with Crippen LogP contribution in [-0.4, -0.2) is 84.3 Å². The number of ether oxygens (including phenoxy) is 2. The molecule has 3 rings (SSSR count). The SMILES string of the molecule is O=C(NCCC[NH+]1CCOCC1)c1cccc(S(=O)(=O)N2CCOCC2)c1. The largest absolute Gasteiger partial charge is 0.379 e. The van der Waals surface area contributed by atoms with Crippen molar-refractivity contribution in [2.75, 3.05) is 65.7 Å². The summed E-state index contributed by atoms with van der Waals surface area (Å²) < 4.78 is 37.4. The third-order valence-corrected chi connectivity index (χ3v) is 6.79. The van der Waals surface area contributed by atoms with E-state index >= 15 is 0 Å². The van der Waals surface area contributed by atoms with Crippen molar-refractivity contribution >= 4 is 15.9 Å². The Balaban J connectivity index is 1.53. The van der Waals surface area contributed by atoms with Gasteiger partial charge in [0.25, 0.3) is 5.91 Å². The fourth-order valence-electron chi connectivity index (χ4n) is 3.29. The Kier molecular flexibility index (Phi) is 7.20. The Morgan fingerprint density at radius 3 is 2.56 bits per heavy atom. The van der Waals surface area contributed by atoms with Crippen LogP contribution in [0.5, 0.6) is 0 Å². The van der Waals surface area contributed by atoms with Gasteiger partial charge >= 0.3 is 0 Å². The molecule has 0 saturated carbocycles. The van der Waals surface area contributed by atoms with E-state index in [1.54, 1.807) is 12.1 Å². The van der Waals surface area contributed by atoms with E-state index in [2.05, 4.69) is 5.32 Å². The summed E-state index contributed by atoms with van der Waals surface area (Å²) in [6, 6.07) is 6.23. The zero-order valence-corrected chi connectivity index (χ0v) is 16.3. The first-order valence-corrected chi connectivity index (χ1v) is 10.9. The zero-order valence-electron chi connectivity index (χ0n) is 15.5. The van der Waals surface area contributed by atoms with Crippen molar-refractivity contribution in [2.24, 2.45) is 0 Å². The minimum Gasteiger partial charge on any atom is -0.379 e. The second-order valence-electron chi connectivity index (χ2n) is 6.77. The number of amides is 1. The first-order chi connectivity index (χ1) is 13.1. The molecule has 9 heteroatoms. The molecule has 2 saturated heterocycles. The van der Waals surface area contributed by atoms with E-state index in [1.807, 2.05) is 0 Å². The number of morpholine rings is 2. The Morgan fingerprint density at radius 1 is 1.11 bits per heavy atom. The lowest BCUT2D eigenvalue weighted by atomic mass is 10.2. The summed E-state index contributed by atoms with van der Waals surface area (Å²) >= 11 is 0. The van der Waals surface area contributed by atoms with E-state index in [-0.39, 0.29) is 10.8 Å². The van der Waals surface area contributed by atoms with Gasteiger partial charge in [0.2, 0.25) is 10.0 Å². The van der Waals surface area contributed by atoms with Crippen LogP contribution in [0.1, 0.15) is 16.8 Å². The van der Waals surface area contributed by atoms with E-state index in [4.69, 9.17) is 9.47 Å². The molecule has 2 aliphatic rings. The van der Waals surface area contributed by atoms with Gasteiger partial charge in [-0.3, -0.25) is 4.79 Å². The molecule has 1 aromatic rings. The van der Waals surface area contributed by atoms with E-state index in [9.17, 15) is 13.2 Å². The normalized spacial score (nSPS) is 19.7. The molecule has 2 heterocycles. The molecule has 0 aromatic heterocycles. The molecule has 2 N–H and O–H groups in total. The minimum atomic E-state index is -3.60. The molecule has 0 spiro atoms. The first kappa shape index (κ1) is 20.2. The Labute approximate surface area is 160 Å². The minimum absolute atomic E-state index is 0.148. The highest BCUT2D eigenvalue weighted by molar-refractivity contribution is 7.89. The molecular weight excluding hydrogens is 370 g/mol. The average Bonchev–Trinajstić information content (AvgIpc) is 2.72. The van der Waals surface area contributed by atoms with Crippen LogP contribution in [0.15, 0.2) is 29.2 Å². The van der Waals surface area contributed by atoms with Crippen molar-refractivity contribution in [2.45, 2.75) is 11.3 Å².